The van der Waals surface area contributed by atoms with Crippen LogP contribution in [0.5, 0.6) is 5.75 Å². The van der Waals surface area contributed by atoms with Crippen molar-refractivity contribution in [2.24, 2.45) is 17.8 Å². The van der Waals surface area contributed by atoms with Crippen molar-refractivity contribution in [2.45, 2.75) is 96.5 Å². The van der Waals surface area contributed by atoms with Crippen LogP contribution >= 0.6 is 0 Å². The third-order valence-corrected chi connectivity index (χ3v) is 7.28. The fourth-order valence-corrected chi connectivity index (χ4v) is 5.50. The molecule has 0 amide bonds. The van der Waals surface area contributed by atoms with Gasteiger partial charge in [-0.05, 0) is 106 Å². The van der Waals surface area contributed by atoms with Gasteiger partial charge in [-0.25, -0.2) is 8.78 Å². The lowest BCUT2D eigenvalue weighted by Gasteiger charge is -2.29. The molecule has 0 bridgehead atoms. The summed E-state index contributed by atoms with van der Waals surface area (Å²) in [6, 6.07) is 2.31. The molecule has 1 aromatic carbocycles. The standard InChI is InChI=1S/C26H36F4O/c1-2-5-18-8-10-19(11-9-18)6-3-4-7-20-12-14-21(15-13-20)22-16-23(27)25(24(28)17-22)31-26(29)30/h3,6,16-21,26H,2,4-5,7-15H2,1H3/b6-3+. The molecule has 2 fully saturated rings. The van der Waals surface area contributed by atoms with E-state index < -0.39 is 24.0 Å². The van der Waals surface area contributed by atoms with Gasteiger partial charge in [-0.3, -0.25) is 0 Å². The number of alkyl halides is 2. The highest BCUT2D eigenvalue weighted by molar-refractivity contribution is 5.33. The van der Waals surface area contributed by atoms with E-state index in [0.717, 1.165) is 62.5 Å². The van der Waals surface area contributed by atoms with Crippen molar-refractivity contribution in [1.82, 2.24) is 0 Å². The largest absolute Gasteiger partial charge is 0.429 e. The predicted molar refractivity (Wildman–Crippen MR) is 116 cm³/mol. The molecule has 0 spiro atoms. The van der Waals surface area contributed by atoms with Gasteiger partial charge in [-0.2, -0.15) is 8.78 Å². The normalized spacial score (nSPS) is 27.2. The SMILES string of the molecule is CCCC1CCC(/C=C/CCC2CCC(c3cc(F)c(OC(F)F)c(F)c3)CC2)CC1. The third kappa shape index (κ3) is 7.25. The summed E-state index contributed by atoms with van der Waals surface area (Å²) in [5.74, 6) is -0.659. The van der Waals surface area contributed by atoms with E-state index in [1.165, 1.54) is 38.5 Å². The predicted octanol–water partition coefficient (Wildman–Crippen LogP) is 8.78. The van der Waals surface area contributed by atoms with Gasteiger partial charge in [0.05, 0.1) is 0 Å². The van der Waals surface area contributed by atoms with Crippen molar-refractivity contribution < 1.29 is 22.3 Å². The molecular formula is C26H36F4O. The van der Waals surface area contributed by atoms with Gasteiger partial charge in [-0.1, -0.05) is 31.9 Å². The van der Waals surface area contributed by atoms with E-state index >= 15 is 0 Å². The Morgan fingerprint density at radius 1 is 0.903 bits per heavy atom. The van der Waals surface area contributed by atoms with E-state index in [-0.39, 0.29) is 5.92 Å². The Balaban J connectivity index is 1.39. The summed E-state index contributed by atoms with van der Waals surface area (Å²) < 4.78 is 56.6. The summed E-state index contributed by atoms with van der Waals surface area (Å²) in [5, 5.41) is 0. The number of rotatable bonds is 9. The summed E-state index contributed by atoms with van der Waals surface area (Å²) in [6.45, 7) is -0.965. The van der Waals surface area contributed by atoms with Gasteiger partial charge in [0.1, 0.15) is 0 Å². The molecule has 0 N–H and O–H groups in total. The number of benzene rings is 1. The fraction of sp³-hybridized carbons (Fsp3) is 0.692. The number of ether oxygens (including phenoxy) is 1. The van der Waals surface area contributed by atoms with Crippen LogP contribution in [0.2, 0.25) is 0 Å². The first-order chi connectivity index (χ1) is 15.0. The average Bonchev–Trinajstić information content (AvgIpc) is 2.75. The van der Waals surface area contributed by atoms with Crippen LogP contribution in [-0.2, 0) is 0 Å². The number of hydrogen-bond acceptors (Lipinski definition) is 1. The topological polar surface area (TPSA) is 9.23 Å². The van der Waals surface area contributed by atoms with E-state index in [2.05, 4.69) is 23.8 Å². The van der Waals surface area contributed by atoms with Gasteiger partial charge in [0.15, 0.2) is 17.4 Å². The van der Waals surface area contributed by atoms with E-state index in [0.29, 0.717) is 11.5 Å². The van der Waals surface area contributed by atoms with Crippen molar-refractivity contribution in [3.05, 3.63) is 41.5 Å². The van der Waals surface area contributed by atoms with Crippen molar-refractivity contribution in [3.63, 3.8) is 0 Å². The molecule has 0 heterocycles. The van der Waals surface area contributed by atoms with E-state index in [1.807, 2.05) is 0 Å². The minimum absolute atomic E-state index is 0.0784. The molecular weight excluding hydrogens is 404 g/mol. The molecule has 2 aliphatic carbocycles. The molecule has 1 aromatic rings. The van der Waals surface area contributed by atoms with Gasteiger partial charge >= 0.3 is 6.61 Å². The van der Waals surface area contributed by atoms with Crippen molar-refractivity contribution in [2.75, 3.05) is 0 Å². The van der Waals surface area contributed by atoms with Crippen LogP contribution in [0.3, 0.4) is 0 Å². The van der Waals surface area contributed by atoms with Crippen LogP contribution in [0, 0.1) is 29.4 Å². The molecule has 31 heavy (non-hydrogen) atoms. The molecule has 3 rings (SSSR count). The van der Waals surface area contributed by atoms with E-state index in [1.54, 1.807) is 0 Å². The van der Waals surface area contributed by atoms with Crippen molar-refractivity contribution in [3.8, 4) is 5.75 Å². The molecule has 5 heteroatoms. The maximum absolute atomic E-state index is 14.0. The first-order valence-electron chi connectivity index (χ1n) is 12.1. The maximum atomic E-state index is 14.0. The molecule has 0 unspecified atom stereocenters. The van der Waals surface area contributed by atoms with E-state index in [4.69, 9.17) is 0 Å². The highest BCUT2D eigenvalue weighted by Crippen LogP contribution is 2.39. The second-order valence-electron chi connectivity index (χ2n) is 9.48. The highest BCUT2D eigenvalue weighted by Gasteiger charge is 2.25. The molecule has 1 nitrogen and oxygen atoms in total. The van der Waals surface area contributed by atoms with Crippen LogP contribution in [0.4, 0.5) is 17.6 Å². The fourth-order valence-electron chi connectivity index (χ4n) is 5.50. The Labute approximate surface area is 184 Å². The van der Waals surface area contributed by atoms with Crippen LogP contribution < -0.4 is 4.74 Å². The minimum Gasteiger partial charge on any atom is -0.429 e. The zero-order chi connectivity index (χ0) is 22.2. The zero-order valence-electron chi connectivity index (χ0n) is 18.6. The second-order valence-corrected chi connectivity index (χ2v) is 9.48. The van der Waals surface area contributed by atoms with Gasteiger partial charge < -0.3 is 4.74 Å². The van der Waals surface area contributed by atoms with Crippen molar-refractivity contribution >= 4 is 0 Å². The number of allylic oxidation sites excluding steroid dienone is 2. The monoisotopic (exact) mass is 440 g/mol. The molecule has 0 radical (unpaired) electrons. The molecule has 174 valence electrons. The summed E-state index contributed by atoms with van der Waals surface area (Å²) in [5.41, 5.74) is 0.550. The Hall–Kier alpha value is -1.52. The summed E-state index contributed by atoms with van der Waals surface area (Å²) in [7, 11) is 0. The average molecular weight is 441 g/mol. The summed E-state index contributed by atoms with van der Waals surface area (Å²) in [6.07, 6.45) is 19.0. The maximum Gasteiger partial charge on any atom is 0.387 e. The third-order valence-electron chi connectivity index (χ3n) is 7.28. The molecule has 0 saturated heterocycles. The first-order valence-corrected chi connectivity index (χ1v) is 12.1. The van der Waals surface area contributed by atoms with Crippen LogP contribution in [0.15, 0.2) is 24.3 Å². The molecule has 0 atom stereocenters. The molecule has 2 aliphatic rings. The lowest BCUT2D eigenvalue weighted by atomic mass is 9.77. The second kappa shape index (κ2) is 11.9. The molecule has 2 saturated carbocycles. The quantitative estimate of drug-likeness (QED) is 0.275. The molecule has 0 aromatic heterocycles. The first kappa shape index (κ1) is 24.1. The van der Waals surface area contributed by atoms with Crippen molar-refractivity contribution in [1.29, 1.82) is 0 Å². The smallest absolute Gasteiger partial charge is 0.387 e. The number of halogens is 4. The highest BCUT2D eigenvalue weighted by atomic mass is 19.3. The summed E-state index contributed by atoms with van der Waals surface area (Å²) >= 11 is 0. The van der Waals surface area contributed by atoms with Gasteiger partial charge in [-0.15, -0.1) is 0 Å². The Bertz CT molecular complexity index is 678. The van der Waals surface area contributed by atoms with Crippen LogP contribution in [0.25, 0.3) is 0 Å². The minimum atomic E-state index is -3.24. The zero-order valence-corrected chi connectivity index (χ0v) is 18.6. The van der Waals surface area contributed by atoms with E-state index in [9.17, 15) is 17.6 Å². The van der Waals surface area contributed by atoms with Gasteiger partial charge in [0.2, 0.25) is 0 Å². The Morgan fingerprint density at radius 3 is 2.06 bits per heavy atom. The van der Waals surface area contributed by atoms with Gasteiger partial charge in [0.25, 0.3) is 0 Å². The van der Waals surface area contributed by atoms with Gasteiger partial charge in [0, 0.05) is 0 Å². The molecule has 0 aliphatic heterocycles. The Kier molecular flexibility index (Phi) is 9.28. The summed E-state index contributed by atoms with van der Waals surface area (Å²) in [4.78, 5) is 0. The lowest BCUT2D eigenvalue weighted by molar-refractivity contribution is -0.0546. The Morgan fingerprint density at radius 2 is 1.48 bits per heavy atom. The number of hydrogen-bond donors (Lipinski definition) is 0. The van der Waals surface area contributed by atoms with Crippen LogP contribution in [-0.4, -0.2) is 6.61 Å². The van der Waals surface area contributed by atoms with Crippen LogP contribution in [0.1, 0.15) is 95.5 Å². The lowest BCUT2D eigenvalue weighted by Crippen LogP contribution is -2.14.